The molecule has 26 heavy (non-hydrogen) atoms. The van der Waals surface area contributed by atoms with Crippen LogP contribution in [0.4, 0.5) is 17.5 Å². The smallest absolute Gasteiger partial charge is 0.229 e. The molecule has 5 nitrogen and oxygen atoms in total. The fourth-order valence-corrected chi connectivity index (χ4v) is 3.35. The molecule has 0 aliphatic carbocycles. The third-order valence-electron chi connectivity index (χ3n) is 4.80. The first kappa shape index (κ1) is 18.6. The number of nitrogens with zero attached hydrogens (tertiary/aromatic N) is 2. The van der Waals surface area contributed by atoms with Gasteiger partial charge in [-0.25, -0.2) is 4.98 Å². The highest BCUT2D eigenvalue weighted by Crippen LogP contribution is 2.33. The molecule has 1 fully saturated rings. The van der Waals surface area contributed by atoms with E-state index in [1.54, 1.807) is 6.20 Å². The number of rotatable bonds is 7. The minimum atomic E-state index is 0.288. The molecule has 1 aliphatic rings. The molecule has 0 spiro atoms. The second-order valence-corrected chi connectivity index (χ2v) is 7.53. The highest BCUT2D eigenvalue weighted by Gasteiger charge is 2.16. The van der Waals surface area contributed by atoms with Crippen LogP contribution in [0.25, 0.3) is 0 Å². The van der Waals surface area contributed by atoms with Crippen LogP contribution in [0.1, 0.15) is 63.5 Å². The normalized spacial score (nSPS) is 17.1. The zero-order valence-corrected chi connectivity index (χ0v) is 16.2. The van der Waals surface area contributed by atoms with Crippen molar-refractivity contribution in [1.29, 1.82) is 0 Å². The average Bonchev–Trinajstić information content (AvgIpc) is 3.13. The van der Waals surface area contributed by atoms with Gasteiger partial charge in [0.2, 0.25) is 5.95 Å². The Morgan fingerprint density at radius 3 is 2.46 bits per heavy atom. The van der Waals surface area contributed by atoms with Crippen molar-refractivity contribution in [2.45, 2.75) is 58.5 Å². The predicted molar refractivity (Wildman–Crippen MR) is 107 cm³/mol. The molecule has 5 heteroatoms. The van der Waals surface area contributed by atoms with Crippen LogP contribution in [0.15, 0.2) is 30.5 Å². The maximum atomic E-state index is 5.66. The second kappa shape index (κ2) is 8.49. The lowest BCUT2D eigenvalue weighted by molar-refractivity contribution is 0.120. The molecule has 0 radical (unpaired) electrons. The van der Waals surface area contributed by atoms with E-state index in [1.165, 1.54) is 11.1 Å². The number of hydrogen-bond acceptors (Lipinski definition) is 5. The molecule has 2 N–H and O–H groups in total. The van der Waals surface area contributed by atoms with E-state index in [0.717, 1.165) is 37.5 Å². The first-order valence-electron chi connectivity index (χ1n) is 9.63. The standard InChI is InChI=1S/C21H30N4O/c1-14(2)17-8-5-9-18(15(3)4)20(17)25-21-22-11-10-19(24-21)23-13-16-7-6-12-26-16/h5,8-11,14-16H,6-7,12-13H2,1-4H3,(H2,22,23,24,25). The maximum Gasteiger partial charge on any atom is 0.229 e. The molecule has 1 saturated heterocycles. The molecule has 140 valence electrons. The molecular formula is C21H30N4O. The molecule has 2 aromatic rings. The van der Waals surface area contributed by atoms with Gasteiger partial charge in [-0.05, 0) is 41.9 Å². The van der Waals surface area contributed by atoms with Crippen molar-refractivity contribution in [2.24, 2.45) is 0 Å². The molecule has 1 aromatic carbocycles. The first-order chi connectivity index (χ1) is 12.5. The summed E-state index contributed by atoms with van der Waals surface area (Å²) in [6, 6.07) is 8.39. The zero-order valence-electron chi connectivity index (χ0n) is 16.2. The van der Waals surface area contributed by atoms with Crippen LogP contribution in [0.3, 0.4) is 0 Å². The third-order valence-corrected chi connectivity index (χ3v) is 4.80. The average molecular weight is 354 g/mol. The van der Waals surface area contributed by atoms with Crippen molar-refractivity contribution in [3.05, 3.63) is 41.6 Å². The van der Waals surface area contributed by atoms with Crippen molar-refractivity contribution < 1.29 is 4.74 Å². The van der Waals surface area contributed by atoms with E-state index in [1.807, 2.05) is 6.07 Å². The van der Waals surface area contributed by atoms with E-state index >= 15 is 0 Å². The van der Waals surface area contributed by atoms with E-state index in [0.29, 0.717) is 17.8 Å². The molecular weight excluding hydrogens is 324 g/mol. The molecule has 0 saturated carbocycles. The van der Waals surface area contributed by atoms with Crippen molar-refractivity contribution in [3.63, 3.8) is 0 Å². The molecule has 1 atom stereocenters. The van der Waals surface area contributed by atoms with Gasteiger partial charge in [-0.1, -0.05) is 45.9 Å². The summed E-state index contributed by atoms with van der Waals surface area (Å²) in [5.74, 6) is 2.30. The predicted octanol–water partition coefficient (Wildman–Crippen LogP) is 5.06. The highest BCUT2D eigenvalue weighted by molar-refractivity contribution is 5.65. The SMILES string of the molecule is CC(C)c1cccc(C(C)C)c1Nc1nccc(NCC2CCCO2)n1. The Labute approximate surface area is 156 Å². The van der Waals surface area contributed by atoms with Crippen molar-refractivity contribution >= 4 is 17.5 Å². The lowest BCUT2D eigenvalue weighted by Crippen LogP contribution is -2.19. The van der Waals surface area contributed by atoms with Gasteiger partial charge in [-0.2, -0.15) is 4.98 Å². The van der Waals surface area contributed by atoms with E-state index in [9.17, 15) is 0 Å². The summed E-state index contributed by atoms with van der Waals surface area (Å²) in [6.07, 6.45) is 4.34. The summed E-state index contributed by atoms with van der Waals surface area (Å²) >= 11 is 0. The van der Waals surface area contributed by atoms with Gasteiger partial charge in [-0.3, -0.25) is 0 Å². The van der Waals surface area contributed by atoms with Crippen molar-refractivity contribution in [1.82, 2.24) is 9.97 Å². The summed E-state index contributed by atoms with van der Waals surface area (Å²) in [5.41, 5.74) is 3.71. The van der Waals surface area contributed by atoms with E-state index < -0.39 is 0 Å². The minimum absolute atomic E-state index is 0.288. The van der Waals surface area contributed by atoms with Gasteiger partial charge in [-0.15, -0.1) is 0 Å². The fourth-order valence-electron chi connectivity index (χ4n) is 3.35. The number of nitrogens with one attached hydrogen (secondary N) is 2. The number of ether oxygens (including phenoxy) is 1. The largest absolute Gasteiger partial charge is 0.376 e. The van der Waals surface area contributed by atoms with E-state index in [2.05, 4.69) is 66.5 Å². The van der Waals surface area contributed by atoms with Crippen LogP contribution in [0.2, 0.25) is 0 Å². The Bertz CT molecular complexity index is 697. The van der Waals surface area contributed by atoms with Gasteiger partial charge >= 0.3 is 0 Å². The Kier molecular flexibility index (Phi) is 6.09. The van der Waals surface area contributed by atoms with E-state index in [4.69, 9.17) is 4.74 Å². The first-order valence-corrected chi connectivity index (χ1v) is 9.63. The van der Waals surface area contributed by atoms with Crippen LogP contribution in [-0.4, -0.2) is 29.2 Å². The minimum Gasteiger partial charge on any atom is -0.376 e. The molecule has 1 aromatic heterocycles. The lowest BCUT2D eigenvalue weighted by atomic mass is 9.93. The van der Waals surface area contributed by atoms with Crippen LogP contribution in [0.5, 0.6) is 0 Å². The molecule has 0 amide bonds. The lowest BCUT2D eigenvalue weighted by Gasteiger charge is -2.20. The number of para-hydroxylation sites is 1. The summed E-state index contributed by atoms with van der Waals surface area (Å²) in [6.45, 7) is 10.5. The van der Waals surface area contributed by atoms with Gasteiger partial charge in [0.25, 0.3) is 0 Å². The summed E-state index contributed by atoms with van der Waals surface area (Å²) in [7, 11) is 0. The van der Waals surface area contributed by atoms with Crippen LogP contribution >= 0.6 is 0 Å². The molecule has 1 unspecified atom stereocenters. The summed E-state index contributed by atoms with van der Waals surface area (Å²) in [5, 5.41) is 6.85. The van der Waals surface area contributed by atoms with Gasteiger partial charge in [0, 0.05) is 25.0 Å². The Hall–Kier alpha value is -2.14. The fraction of sp³-hybridized carbons (Fsp3) is 0.524. The second-order valence-electron chi connectivity index (χ2n) is 7.53. The van der Waals surface area contributed by atoms with Gasteiger partial charge in [0.05, 0.1) is 6.10 Å². The topological polar surface area (TPSA) is 59.1 Å². The van der Waals surface area contributed by atoms with E-state index in [-0.39, 0.29) is 6.10 Å². The highest BCUT2D eigenvalue weighted by atomic mass is 16.5. The molecule has 3 rings (SSSR count). The number of aromatic nitrogens is 2. The van der Waals surface area contributed by atoms with Crippen LogP contribution in [0, 0.1) is 0 Å². The van der Waals surface area contributed by atoms with Gasteiger partial charge in [0.1, 0.15) is 5.82 Å². The Balaban J connectivity index is 1.79. The number of hydrogen-bond donors (Lipinski definition) is 2. The van der Waals surface area contributed by atoms with Gasteiger partial charge < -0.3 is 15.4 Å². The van der Waals surface area contributed by atoms with Crippen LogP contribution in [-0.2, 0) is 4.74 Å². The zero-order chi connectivity index (χ0) is 18.5. The number of benzene rings is 1. The molecule has 1 aliphatic heterocycles. The summed E-state index contributed by atoms with van der Waals surface area (Å²) < 4.78 is 5.66. The molecule has 0 bridgehead atoms. The van der Waals surface area contributed by atoms with Crippen LogP contribution < -0.4 is 10.6 Å². The quantitative estimate of drug-likeness (QED) is 0.728. The summed E-state index contributed by atoms with van der Waals surface area (Å²) in [4.78, 5) is 9.06. The molecule has 2 heterocycles. The monoisotopic (exact) mass is 354 g/mol. The van der Waals surface area contributed by atoms with Gasteiger partial charge in [0.15, 0.2) is 0 Å². The number of anilines is 3. The Morgan fingerprint density at radius 1 is 1.12 bits per heavy atom. The third kappa shape index (κ3) is 4.52. The van der Waals surface area contributed by atoms with Crippen molar-refractivity contribution in [2.75, 3.05) is 23.8 Å². The Morgan fingerprint density at radius 2 is 1.85 bits per heavy atom. The van der Waals surface area contributed by atoms with Crippen molar-refractivity contribution in [3.8, 4) is 0 Å². The maximum absolute atomic E-state index is 5.66.